The van der Waals surface area contributed by atoms with Gasteiger partial charge in [-0.25, -0.2) is 4.98 Å². The first-order valence-electron chi connectivity index (χ1n) is 7.35. The fourth-order valence-corrected chi connectivity index (χ4v) is 2.99. The van der Waals surface area contributed by atoms with Crippen molar-refractivity contribution in [1.82, 2.24) is 4.98 Å². The summed E-state index contributed by atoms with van der Waals surface area (Å²) in [5, 5.41) is 26.6. The maximum Gasteiger partial charge on any atom is 0.258 e. The highest BCUT2D eigenvalue weighted by molar-refractivity contribution is 7.14. The third-order valence-corrected chi connectivity index (χ3v) is 4.27. The molecule has 0 saturated heterocycles. The molecule has 26 heavy (non-hydrogen) atoms. The number of carbonyl (C=O) groups is 3. The van der Waals surface area contributed by atoms with Crippen molar-refractivity contribution in [1.29, 1.82) is 0 Å². The summed E-state index contributed by atoms with van der Waals surface area (Å²) in [5.41, 5.74) is 0.424. The zero-order valence-corrected chi connectivity index (χ0v) is 13.9. The average Bonchev–Trinajstić information content (AvgIpc) is 3.10. The van der Waals surface area contributed by atoms with Crippen LogP contribution >= 0.6 is 11.3 Å². The van der Waals surface area contributed by atoms with Gasteiger partial charge in [0.25, 0.3) is 5.91 Å². The number of thiazole rings is 1. The van der Waals surface area contributed by atoms with Gasteiger partial charge in [-0.2, -0.15) is 0 Å². The maximum absolute atomic E-state index is 12.4. The van der Waals surface area contributed by atoms with E-state index >= 15 is 0 Å². The van der Waals surface area contributed by atoms with Crippen LogP contribution < -0.4 is 15.5 Å². The van der Waals surface area contributed by atoms with Gasteiger partial charge in [0.05, 0.1) is 17.6 Å². The van der Waals surface area contributed by atoms with Crippen LogP contribution in [0.1, 0.15) is 31.1 Å². The Morgan fingerprint density at radius 3 is 2.31 bits per heavy atom. The minimum atomic E-state index is -1.59. The smallest absolute Gasteiger partial charge is 0.258 e. The van der Waals surface area contributed by atoms with Gasteiger partial charge in [0.15, 0.2) is 5.13 Å². The highest BCUT2D eigenvalue weighted by Gasteiger charge is 2.15. The monoisotopic (exact) mass is 366 g/mol. The molecule has 0 aliphatic carbocycles. The second-order valence-electron chi connectivity index (χ2n) is 5.19. The van der Waals surface area contributed by atoms with Gasteiger partial charge < -0.3 is 19.8 Å². The molecule has 0 aliphatic rings. The van der Waals surface area contributed by atoms with E-state index in [9.17, 15) is 24.6 Å². The van der Waals surface area contributed by atoms with Gasteiger partial charge >= 0.3 is 0 Å². The van der Waals surface area contributed by atoms with E-state index in [1.807, 2.05) is 30.3 Å². The van der Waals surface area contributed by atoms with Crippen LogP contribution in [0.4, 0.5) is 5.13 Å². The van der Waals surface area contributed by atoms with Gasteiger partial charge in [0.2, 0.25) is 0 Å². The number of benzene rings is 2. The van der Waals surface area contributed by atoms with Crippen LogP contribution in [0, 0.1) is 0 Å². The number of amides is 1. The predicted octanol–water partition coefficient (Wildman–Crippen LogP) is 0.789. The van der Waals surface area contributed by atoms with Gasteiger partial charge in [0.1, 0.15) is 0 Å². The van der Waals surface area contributed by atoms with E-state index in [0.29, 0.717) is 5.69 Å². The number of aromatic nitrogens is 1. The van der Waals surface area contributed by atoms with E-state index in [4.69, 9.17) is 0 Å². The molecule has 1 N–H and O–H groups in total. The minimum absolute atomic E-state index is 0.247. The summed E-state index contributed by atoms with van der Waals surface area (Å²) < 4.78 is 0. The van der Waals surface area contributed by atoms with Crippen molar-refractivity contribution in [2.24, 2.45) is 0 Å². The van der Waals surface area contributed by atoms with E-state index in [1.165, 1.54) is 0 Å². The molecule has 8 heteroatoms. The molecule has 0 spiro atoms. The van der Waals surface area contributed by atoms with E-state index < -0.39 is 23.4 Å². The lowest BCUT2D eigenvalue weighted by molar-refractivity contribution is -0.256. The minimum Gasteiger partial charge on any atom is -0.545 e. The van der Waals surface area contributed by atoms with Crippen LogP contribution in [0.3, 0.4) is 0 Å². The number of nitrogens with one attached hydrogen (secondary N) is 1. The van der Waals surface area contributed by atoms with Crippen molar-refractivity contribution >= 4 is 34.3 Å². The van der Waals surface area contributed by atoms with Crippen LogP contribution in [0.15, 0.2) is 53.9 Å². The molecule has 1 aromatic heterocycles. The fraction of sp³-hybridized carbons (Fsp3) is 0. The quantitative estimate of drug-likeness (QED) is 0.712. The number of carboxylic acids is 2. The summed E-state index contributed by atoms with van der Waals surface area (Å²) in [6.45, 7) is 0. The van der Waals surface area contributed by atoms with Crippen molar-refractivity contribution < 1.29 is 24.6 Å². The Labute approximate surface area is 151 Å². The van der Waals surface area contributed by atoms with Crippen molar-refractivity contribution in [3.8, 4) is 11.3 Å². The zero-order valence-electron chi connectivity index (χ0n) is 13.1. The third-order valence-electron chi connectivity index (χ3n) is 3.51. The predicted molar refractivity (Wildman–Crippen MR) is 90.6 cm³/mol. The Morgan fingerprint density at radius 2 is 1.65 bits per heavy atom. The average molecular weight is 366 g/mol. The van der Waals surface area contributed by atoms with Gasteiger partial charge in [0, 0.05) is 22.1 Å². The van der Waals surface area contributed by atoms with E-state index in [0.717, 1.165) is 35.1 Å². The Balaban J connectivity index is 1.89. The van der Waals surface area contributed by atoms with Crippen LogP contribution in [0.2, 0.25) is 0 Å². The highest BCUT2D eigenvalue weighted by Crippen LogP contribution is 2.25. The van der Waals surface area contributed by atoms with E-state index in [1.54, 1.807) is 5.38 Å². The topological polar surface area (TPSA) is 122 Å². The van der Waals surface area contributed by atoms with Gasteiger partial charge in [-0.3, -0.25) is 10.1 Å². The van der Waals surface area contributed by atoms with Gasteiger partial charge in [-0.1, -0.05) is 42.5 Å². The zero-order chi connectivity index (χ0) is 18.7. The molecule has 130 valence electrons. The SMILES string of the molecule is O=C([O-])c1ccc(C(=O)[O-])c(C(=O)Nc2nc(-c3ccccc3)cs2)c1. The second kappa shape index (κ2) is 7.16. The number of anilines is 1. The number of nitrogens with zero attached hydrogens (tertiary/aromatic N) is 1. The first-order valence-corrected chi connectivity index (χ1v) is 8.22. The van der Waals surface area contributed by atoms with Crippen LogP contribution in [-0.2, 0) is 0 Å². The number of carboxylic acid groups (broad SMARTS) is 2. The van der Waals surface area contributed by atoms with Crippen LogP contribution in [0.5, 0.6) is 0 Å². The standard InChI is InChI=1S/C18H12N2O5S/c21-15(13-8-11(16(22)23)6-7-12(13)17(24)25)20-18-19-14(9-26-18)10-4-2-1-3-5-10/h1-9H,(H,22,23)(H,24,25)(H,19,20,21)/p-2. The number of carbonyl (C=O) groups excluding carboxylic acids is 3. The highest BCUT2D eigenvalue weighted by atomic mass is 32.1. The van der Waals surface area contributed by atoms with E-state index in [2.05, 4.69) is 10.3 Å². The number of rotatable bonds is 5. The Kier molecular flexibility index (Phi) is 4.76. The molecule has 0 unspecified atom stereocenters. The first kappa shape index (κ1) is 17.3. The lowest BCUT2D eigenvalue weighted by atomic mass is 10.0. The Morgan fingerprint density at radius 1 is 0.923 bits per heavy atom. The first-order chi connectivity index (χ1) is 12.5. The third kappa shape index (κ3) is 3.60. The molecule has 2 aromatic carbocycles. The summed E-state index contributed by atoms with van der Waals surface area (Å²) in [6.07, 6.45) is 0. The Bertz CT molecular complexity index is 998. The molecule has 0 radical (unpaired) electrons. The van der Waals surface area contributed by atoms with Crippen molar-refractivity contribution in [3.05, 3.63) is 70.6 Å². The normalized spacial score (nSPS) is 10.3. The molecule has 1 amide bonds. The van der Waals surface area contributed by atoms with Crippen molar-refractivity contribution in [2.75, 3.05) is 5.32 Å². The molecular formula is C18H10N2O5S-2. The largest absolute Gasteiger partial charge is 0.545 e. The summed E-state index contributed by atoms with van der Waals surface area (Å²) >= 11 is 1.16. The van der Waals surface area contributed by atoms with Gasteiger partial charge in [-0.05, 0) is 11.6 Å². The molecule has 7 nitrogen and oxygen atoms in total. The molecular weight excluding hydrogens is 356 g/mol. The lowest BCUT2D eigenvalue weighted by Crippen LogP contribution is -2.28. The molecule has 0 atom stereocenters. The summed E-state index contributed by atoms with van der Waals surface area (Å²) in [7, 11) is 0. The van der Waals surface area contributed by atoms with Gasteiger partial charge in [-0.15, -0.1) is 11.3 Å². The lowest BCUT2D eigenvalue weighted by Gasteiger charge is -2.12. The van der Waals surface area contributed by atoms with Crippen molar-refractivity contribution in [2.45, 2.75) is 0 Å². The molecule has 3 rings (SSSR count). The van der Waals surface area contributed by atoms with Crippen molar-refractivity contribution in [3.63, 3.8) is 0 Å². The molecule has 0 bridgehead atoms. The van der Waals surface area contributed by atoms with Crippen LogP contribution in [-0.4, -0.2) is 22.8 Å². The molecule has 3 aromatic rings. The summed E-state index contributed by atoms with van der Waals surface area (Å²) in [4.78, 5) is 38.8. The molecule has 1 heterocycles. The van der Waals surface area contributed by atoms with Crippen LogP contribution in [0.25, 0.3) is 11.3 Å². The second-order valence-corrected chi connectivity index (χ2v) is 6.05. The maximum atomic E-state index is 12.4. The van der Waals surface area contributed by atoms with E-state index in [-0.39, 0.29) is 16.3 Å². The molecule has 0 saturated carbocycles. The fourth-order valence-electron chi connectivity index (χ4n) is 2.27. The Hall–Kier alpha value is -3.52. The number of aromatic carboxylic acids is 2. The molecule has 0 fully saturated rings. The summed E-state index contributed by atoms with van der Waals surface area (Å²) in [5.74, 6) is -3.92. The summed E-state index contributed by atoms with van der Waals surface area (Å²) in [6, 6.07) is 12.2. The molecule has 0 aliphatic heterocycles. The number of hydrogen-bond acceptors (Lipinski definition) is 7. The number of hydrogen-bond donors (Lipinski definition) is 1.